The zero-order valence-corrected chi connectivity index (χ0v) is 12.2. The van der Waals surface area contributed by atoms with Gasteiger partial charge in [0.25, 0.3) is 0 Å². The maximum atomic E-state index is 12.1. The summed E-state index contributed by atoms with van der Waals surface area (Å²) < 4.78 is 5.63. The first-order valence-electron chi connectivity index (χ1n) is 6.13. The molecular weight excluding hydrogens is 294 g/mol. The van der Waals surface area contributed by atoms with Crippen LogP contribution in [-0.4, -0.2) is 24.7 Å². The van der Waals surface area contributed by atoms with Crippen molar-refractivity contribution in [2.24, 2.45) is 5.92 Å². The molecule has 4 heteroatoms. The van der Waals surface area contributed by atoms with Crippen LogP contribution < -0.4 is 5.32 Å². The minimum absolute atomic E-state index is 0.224. The molecule has 2 rings (SSSR count). The van der Waals surface area contributed by atoms with Gasteiger partial charge in [0, 0.05) is 19.0 Å². The number of esters is 1. The molecule has 98 valence electrons. The molecule has 1 aromatic carbocycles. The zero-order chi connectivity index (χ0) is 13.2. The van der Waals surface area contributed by atoms with Gasteiger partial charge < -0.3 is 10.1 Å². The van der Waals surface area contributed by atoms with E-state index >= 15 is 0 Å². The van der Waals surface area contributed by atoms with Crippen LogP contribution in [0.3, 0.4) is 0 Å². The summed E-state index contributed by atoms with van der Waals surface area (Å²) in [5.41, 5.74) is 0.508. The maximum Gasteiger partial charge on any atom is 0.324 e. The molecule has 0 bridgehead atoms. The second-order valence-corrected chi connectivity index (χ2v) is 6.07. The Morgan fingerprint density at radius 2 is 2.00 bits per heavy atom. The van der Waals surface area contributed by atoms with Crippen LogP contribution in [0.15, 0.2) is 30.3 Å². The van der Waals surface area contributed by atoms with Crippen LogP contribution in [0, 0.1) is 5.92 Å². The van der Waals surface area contributed by atoms with E-state index in [4.69, 9.17) is 4.74 Å². The summed E-state index contributed by atoms with van der Waals surface area (Å²) in [6, 6.07) is 9.59. The average molecular weight is 312 g/mol. The molecule has 1 heterocycles. The monoisotopic (exact) mass is 311 g/mol. The summed E-state index contributed by atoms with van der Waals surface area (Å²) in [4.78, 5) is 11.7. The number of halogens is 1. The predicted octanol–water partition coefficient (Wildman–Crippen LogP) is 2.66. The van der Waals surface area contributed by atoms with Gasteiger partial charge in [-0.15, -0.1) is 0 Å². The Hall–Kier alpha value is -0.870. The molecule has 1 aromatic rings. The van der Waals surface area contributed by atoms with Crippen molar-refractivity contribution in [2.75, 3.05) is 13.1 Å². The molecule has 0 spiro atoms. The number of benzene rings is 1. The van der Waals surface area contributed by atoms with Crippen LogP contribution in [0.2, 0.25) is 0 Å². The van der Waals surface area contributed by atoms with Gasteiger partial charge in [-0.2, -0.15) is 0 Å². The summed E-state index contributed by atoms with van der Waals surface area (Å²) >= 11 is 3.40. The van der Waals surface area contributed by atoms with Crippen LogP contribution in [0.5, 0.6) is 0 Å². The molecule has 1 N–H and O–H groups in total. The molecule has 0 aliphatic carbocycles. The van der Waals surface area contributed by atoms with Crippen molar-refractivity contribution in [3.63, 3.8) is 0 Å². The van der Waals surface area contributed by atoms with Gasteiger partial charge in [0.15, 0.2) is 0 Å². The van der Waals surface area contributed by atoms with Gasteiger partial charge in [0.05, 0.1) is 0 Å². The van der Waals surface area contributed by atoms with Crippen molar-refractivity contribution in [1.82, 2.24) is 5.32 Å². The number of carbonyl (C=O) groups is 1. The molecule has 1 aliphatic rings. The summed E-state index contributed by atoms with van der Waals surface area (Å²) in [7, 11) is 0. The number of hydrogen-bond donors (Lipinski definition) is 1. The Morgan fingerprint density at radius 3 is 2.50 bits per heavy atom. The quantitative estimate of drug-likeness (QED) is 0.686. The van der Waals surface area contributed by atoms with E-state index in [0.717, 1.165) is 18.7 Å². The van der Waals surface area contributed by atoms with Crippen LogP contribution in [0.25, 0.3) is 0 Å². The first-order valence-corrected chi connectivity index (χ1v) is 7.05. The lowest BCUT2D eigenvalue weighted by Crippen LogP contribution is -2.55. The van der Waals surface area contributed by atoms with E-state index in [9.17, 15) is 4.79 Å². The number of nitrogens with one attached hydrogen (secondary N) is 1. The number of rotatable bonds is 4. The van der Waals surface area contributed by atoms with Crippen LogP contribution in [0.4, 0.5) is 0 Å². The summed E-state index contributed by atoms with van der Waals surface area (Å²) in [6.07, 6.45) is 0. The SMILES string of the molecule is CC(C)(OC(=O)C(Br)c1ccccc1)C1CNC1. The second kappa shape index (κ2) is 5.41. The third-order valence-corrected chi connectivity index (χ3v) is 4.33. The first kappa shape index (κ1) is 13.6. The lowest BCUT2D eigenvalue weighted by Gasteiger charge is -2.40. The minimum atomic E-state index is -0.414. The first-order chi connectivity index (χ1) is 8.50. The predicted molar refractivity (Wildman–Crippen MR) is 74.6 cm³/mol. The molecule has 1 fully saturated rings. The maximum absolute atomic E-state index is 12.1. The van der Waals surface area contributed by atoms with Gasteiger partial charge >= 0.3 is 5.97 Å². The largest absolute Gasteiger partial charge is 0.458 e. The fraction of sp³-hybridized carbons (Fsp3) is 0.500. The van der Waals surface area contributed by atoms with Crippen molar-refractivity contribution in [3.05, 3.63) is 35.9 Å². The average Bonchev–Trinajstić information content (AvgIpc) is 2.25. The highest BCUT2D eigenvalue weighted by molar-refractivity contribution is 9.09. The highest BCUT2D eigenvalue weighted by Crippen LogP contribution is 2.30. The van der Waals surface area contributed by atoms with Gasteiger partial charge in [-0.05, 0) is 19.4 Å². The molecule has 1 atom stereocenters. The zero-order valence-electron chi connectivity index (χ0n) is 10.7. The standard InChI is InChI=1S/C14H18BrNO2/c1-14(2,11-8-16-9-11)18-13(17)12(15)10-6-4-3-5-7-10/h3-7,11-12,16H,8-9H2,1-2H3. The molecule has 18 heavy (non-hydrogen) atoms. The highest BCUT2D eigenvalue weighted by atomic mass is 79.9. The van der Waals surface area contributed by atoms with Gasteiger partial charge in [0.1, 0.15) is 10.4 Å². The minimum Gasteiger partial charge on any atom is -0.458 e. The molecule has 0 saturated carbocycles. The van der Waals surface area contributed by atoms with E-state index in [0.29, 0.717) is 5.92 Å². The number of ether oxygens (including phenoxy) is 1. The van der Waals surface area contributed by atoms with E-state index in [2.05, 4.69) is 21.2 Å². The Balaban J connectivity index is 1.99. The third kappa shape index (κ3) is 2.93. The Labute approximate surface area is 116 Å². The lowest BCUT2D eigenvalue weighted by atomic mass is 9.86. The van der Waals surface area contributed by atoms with Crippen molar-refractivity contribution in [2.45, 2.75) is 24.3 Å². The summed E-state index contributed by atoms with van der Waals surface area (Å²) in [5, 5.41) is 3.20. The van der Waals surface area contributed by atoms with Gasteiger partial charge in [-0.25, -0.2) is 0 Å². The van der Waals surface area contributed by atoms with Gasteiger partial charge in [-0.1, -0.05) is 46.3 Å². The molecule has 1 saturated heterocycles. The van der Waals surface area contributed by atoms with E-state index < -0.39 is 10.4 Å². The van der Waals surface area contributed by atoms with E-state index in [-0.39, 0.29) is 5.97 Å². The van der Waals surface area contributed by atoms with Crippen molar-refractivity contribution in [1.29, 1.82) is 0 Å². The second-order valence-electron chi connectivity index (χ2n) is 5.15. The molecule has 3 nitrogen and oxygen atoms in total. The number of alkyl halides is 1. The van der Waals surface area contributed by atoms with E-state index in [1.165, 1.54) is 0 Å². The van der Waals surface area contributed by atoms with E-state index in [1.807, 2.05) is 44.2 Å². The van der Waals surface area contributed by atoms with E-state index in [1.54, 1.807) is 0 Å². The topological polar surface area (TPSA) is 38.3 Å². The molecular formula is C14H18BrNO2. The molecule has 1 aliphatic heterocycles. The molecule has 1 unspecified atom stereocenters. The van der Waals surface area contributed by atoms with Crippen molar-refractivity contribution in [3.8, 4) is 0 Å². The third-order valence-electron chi connectivity index (χ3n) is 3.43. The Kier molecular flexibility index (Phi) is 4.07. The van der Waals surface area contributed by atoms with Gasteiger partial charge in [0.2, 0.25) is 0 Å². The normalized spacial score (nSPS) is 17.9. The smallest absolute Gasteiger partial charge is 0.324 e. The number of hydrogen-bond acceptors (Lipinski definition) is 3. The fourth-order valence-electron chi connectivity index (χ4n) is 1.93. The number of carbonyl (C=O) groups excluding carboxylic acids is 1. The van der Waals surface area contributed by atoms with Crippen molar-refractivity contribution < 1.29 is 9.53 Å². The van der Waals surface area contributed by atoms with Crippen molar-refractivity contribution >= 4 is 21.9 Å². The Bertz CT molecular complexity index is 415. The molecule has 0 aromatic heterocycles. The Morgan fingerprint density at radius 1 is 1.39 bits per heavy atom. The summed E-state index contributed by atoms with van der Waals surface area (Å²) in [5.74, 6) is 0.176. The van der Waals surface area contributed by atoms with Gasteiger partial charge in [-0.3, -0.25) is 4.79 Å². The summed E-state index contributed by atoms with van der Waals surface area (Å²) in [6.45, 7) is 5.78. The lowest BCUT2D eigenvalue weighted by molar-refractivity contribution is -0.162. The van der Waals surface area contributed by atoms with Crippen LogP contribution >= 0.6 is 15.9 Å². The van der Waals surface area contributed by atoms with Crippen LogP contribution in [-0.2, 0) is 9.53 Å². The fourth-order valence-corrected chi connectivity index (χ4v) is 2.33. The molecule has 0 amide bonds. The van der Waals surface area contributed by atoms with Crippen LogP contribution in [0.1, 0.15) is 24.2 Å². The molecule has 0 radical (unpaired) electrons. The highest BCUT2D eigenvalue weighted by Gasteiger charge is 2.38.